The van der Waals surface area contributed by atoms with E-state index in [9.17, 15) is 8.78 Å². The molecule has 0 heterocycles. The van der Waals surface area contributed by atoms with Gasteiger partial charge in [0.2, 0.25) is 0 Å². The molecule has 0 radical (unpaired) electrons. The van der Waals surface area contributed by atoms with Crippen LogP contribution in [0.3, 0.4) is 0 Å². The fourth-order valence-electron chi connectivity index (χ4n) is 4.11. The summed E-state index contributed by atoms with van der Waals surface area (Å²) in [6.07, 6.45) is 3.59. The highest BCUT2D eigenvalue weighted by atomic mass is 35.5. The Morgan fingerprint density at radius 1 is 0.710 bits per heavy atom. The van der Waals surface area contributed by atoms with Crippen molar-refractivity contribution >= 4 is 0 Å². The molecule has 0 aromatic heterocycles. The molecule has 3 aromatic carbocycles. The molecule has 1 fully saturated rings. The lowest BCUT2D eigenvalue weighted by atomic mass is 9.98. The monoisotopic (exact) mass is 464 g/mol. The predicted octanol–water partition coefficient (Wildman–Crippen LogP) is -0.656. The Morgan fingerprint density at radius 3 is 1.65 bits per heavy atom. The second-order valence-corrected chi connectivity index (χ2v) is 7.90. The van der Waals surface area contributed by atoms with Crippen LogP contribution in [0.25, 0.3) is 22.3 Å². The van der Waals surface area contributed by atoms with Crippen LogP contribution in [0.1, 0.15) is 19.3 Å². The normalized spacial score (nSPS) is 17.5. The number of halogens is 4. The highest BCUT2D eigenvalue weighted by molar-refractivity contribution is 5.75. The number of rotatable bonds is 6. The van der Waals surface area contributed by atoms with Gasteiger partial charge < -0.3 is 35.3 Å². The smallest absolute Gasteiger partial charge is 0.123 e. The number of benzene rings is 3. The van der Waals surface area contributed by atoms with E-state index < -0.39 is 0 Å². The van der Waals surface area contributed by atoms with Crippen LogP contribution in [0.2, 0.25) is 0 Å². The van der Waals surface area contributed by atoms with Gasteiger partial charge in [-0.1, -0.05) is 24.3 Å². The van der Waals surface area contributed by atoms with Crippen molar-refractivity contribution in [3.8, 4) is 28.0 Å². The fraction of sp³-hybridized carbons (Fsp3) is 0.280. The summed E-state index contributed by atoms with van der Waals surface area (Å²) >= 11 is 0. The van der Waals surface area contributed by atoms with E-state index in [2.05, 4.69) is 5.73 Å². The van der Waals surface area contributed by atoms with E-state index in [1.54, 1.807) is 24.3 Å². The summed E-state index contributed by atoms with van der Waals surface area (Å²) in [6, 6.07) is 18.9. The molecule has 2 nitrogen and oxygen atoms in total. The maximum atomic E-state index is 13.4. The molecule has 31 heavy (non-hydrogen) atoms. The second-order valence-electron chi connectivity index (χ2n) is 7.90. The van der Waals surface area contributed by atoms with Crippen molar-refractivity contribution in [2.75, 3.05) is 13.2 Å². The van der Waals surface area contributed by atoms with Crippen molar-refractivity contribution < 1.29 is 44.1 Å². The zero-order chi connectivity index (χ0) is 20.2. The van der Waals surface area contributed by atoms with Gasteiger partial charge in [-0.3, -0.25) is 0 Å². The molecule has 166 valence electrons. The number of hydrogen-bond acceptors (Lipinski definition) is 1. The lowest BCUT2D eigenvalue weighted by Gasteiger charge is -2.15. The van der Waals surface area contributed by atoms with E-state index in [1.807, 2.05) is 18.2 Å². The van der Waals surface area contributed by atoms with Crippen LogP contribution >= 0.6 is 0 Å². The summed E-state index contributed by atoms with van der Waals surface area (Å²) < 4.78 is 32.9. The Hall–Kier alpha value is -2.14. The fourth-order valence-corrected chi connectivity index (χ4v) is 4.11. The minimum Gasteiger partial charge on any atom is -1.00 e. The summed E-state index contributed by atoms with van der Waals surface area (Å²) in [5.74, 6) is 1.53. The first kappa shape index (κ1) is 25.1. The first-order valence-corrected chi connectivity index (χ1v) is 10.2. The van der Waals surface area contributed by atoms with Crippen molar-refractivity contribution in [1.29, 1.82) is 0 Å². The molecule has 1 aliphatic carbocycles. The summed E-state index contributed by atoms with van der Waals surface area (Å²) in [6.45, 7) is 1.68. The molecular weight excluding hydrogens is 439 g/mol. The minimum atomic E-state index is -0.263. The van der Waals surface area contributed by atoms with Crippen molar-refractivity contribution in [3.05, 3.63) is 78.4 Å². The lowest BCUT2D eigenvalue weighted by Crippen LogP contribution is -3.00. The summed E-state index contributed by atoms with van der Waals surface area (Å²) in [7, 11) is 0. The molecule has 4 rings (SSSR count). The van der Waals surface area contributed by atoms with Gasteiger partial charge in [-0.05, 0) is 89.9 Å². The van der Waals surface area contributed by atoms with Gasteiger partial charge in [-0.25, -0.2) is 8.78 Å². The van der Waals surface area contributed by atoms with E-state index in [-0.39, 0.29) is 36.4 Å². The van der Waals surface area contributed by atoms with Crippen LogP contribution in [0.4, 0.5) is 8.78 Å². The van der Waals surface area contributed by atoms with Crippen LogP contribution in [0.15, 0.2) is 66.7 Å². The van der Waals surface area contributed by atoms with Gasteiger partial charge in [0.05, 0.1) is 13.2 Å². The van der Waals surface area contributed by atoms with Gasteiger partial charge in [0.25, 0.3) is 0 Å². The molecule has 0 spiro atoms. The summed E-state index contributed by atoms with van der Waals surface area (Å²) in [4.78, 5) is 0. The third-order valence-corrected chi connectivity index (χ3v) is 5.81. The third kappa shape index (κ3) is 6.42. The van der Waals surface area contributed by atoms with Crippen molar-refractivity contribution in [2.45, 2.75) is 19.3 Å². The molecule has 0 aliphatic heterocycles. The first-order chi connectivity index (χ1) is 14.1. The number of quaternary nitrogens is 1. The van der Waals surface area contributed by atoms with Crippen molar-refractivity contribution in [3.63, 3.8) is 0 Å². The standard InChI is InChI=1S/C25H25F2NO.2ClH/c26-23-7-3-19(4-8-23)21-12-22(20-5-9-24(27)10-6-20)14-25(13-21)29-16-18-2-1-17(11-18)15-28;;/h3-10,12-14,17-18H,1-2,11,15-16,28H2;2*1H/p-1/t17-,18+;;/m1../s1. The van der Waals surface area contributed by atoms with Crippen LogP contribution < -0.4 is 35.3 Å². The van der Waals surface area contributed by atoms with E-state index in [4.69, 9.17) is 4.74 Å². The predicted molar refractivity (Wildman–Crippen MR) is 111 cm³/mol. The highest BCUT2D eigenvalue weighted by Gasteiger charge is 2.25. The van der Waals surface area contributed by atoms with E-state index in [0.29, 0.717) is 18.4 Å². The molecule has 6 heteroatoms. The van der Waals surface area contributed by atoms with Crippen LogP contribution in [0.5, 0.6) is 5.75 Å². The van der Waals surface area contributed by atoms with Crippen LogP contribution in [-0.4, -0.2) is 13.2 Å². The molecule has 0 saturated heterocycles. The zero-order valence-corrected chi connectivity index (χ0v) is 18.7. The van der Waals surface area contributed by atoms with E-state index >= 15 is 0 Å². The minimum absolute atomic E-state index is 0. The topological polar surface area (TPSA) is 36.9 Å². The number of hydrogen-bond donors (Lipinski definition) is 1. The Bertz CT molecular complexity index is 901. The zero-order valence-electron chi connectivity index (χ0n) is 17.2. The average Bonchev–Trinajstić information content (AvgIpc) is 3.21. The first-order valence-electron chi connectivity index (χ1n) is 10.2. The Kier molecular flexibility index (Phi) is 9.30. The molecule has 0 unspecified atom stereocenters. The molecule has 0 bridgehead atoms. The molecule has 1 aliphatic rings. The maximum Gasteiger partial charge on any atom is 0.123 e. The third-order valence-electron chi connectivity index (χ3n) is 5.81. The van der Waals surface area contributed by atoms with E-state index in [1.165, 1.54) is 43.5 Å². The Balaban J connectivity index is 0.00000171. The summed E-state index contributed by atoms with van der Waals surface area (Å²) in [5, 5.41) is 0. The van der Waals surface area contributed by atoms with Gasteiger partial charge >= 0.3 is 0 Å². The van der Waals surface area contributed by atoms with Crippen LogP contribution in [0, 0.1) is 23.5 Å². The van der Waals surface area contributed by atoms with Gasteiger partial charge in [-0.2, -0.15) is 0 Å². The Labute approximate surface area is 194 Å². The molecule has 2 atom stereocenters. The molecule has 1 saturated carbocycles. The molecule has 3 aromatic rings. The van der Waals surface area contributed by atoms with Gasteiger partial charge in [0.15, 0.2) is 0 Å². The average molecular weight is 465 g/mol. The van der Waals surface area contributed by atoms with Crippen molar-refractivity contribution in [2.24, 2.45) is 11.8 Å². The van der Waals surface area contributed by atoms with E-state index in [0.717, 1.165) is 34.5 Å². The maximum absolute atomic E-state index is 13.4. The number of ether oxygens (including phenoxy) is 1. The molecule has 3 N–H and O–H groups in total. The lowest BCUT2D eigenvalue weighted by molar-refractivity contribution is -0.378. The molecule has 0 amide bonds. The SMILES string of the molecule is [Cl-].[Cl-].[NH3+]C[C@@H]1CC[C@H](COc2cc(-c3ccc(F)cc3)cc(-c3ccc(F)cc3)c2)C1. The Morgan fingerprint density at radius 2 is 1.19 bits per heavy atom. The van der Waals surface area contributed by atoms with Gasteiger partial charge in [0.1, 0.15) is 17.4 Å². The highest BCUT2D eigenvalue weighted by Crippen LogP contribution is 2.34. The van der Waals surface area contributed by atoms with Crippen LogP contribution in [-0.2, 0) is 0 Å². The summed E-state index contributed by atoms with van der Waals surface area (Å²) in [5.41, 5.74) is 7.75. The van der Waals surface area contributed by atoms with Crippen molar-refractivity contribution in [1.82, 2.24) is 0 Å². The van der Waals surface area contributed by atoms with Gasteiger partial charge in [0, 0.05) is 5.92 Å². The largest absolute Gasteiger partial charge is 1.00 e. The van der Waals surface area contributed by atoms with Gasteiger partial charge in [-0.15, -0.1) is 0 Å². The molecular formula is C25H26Cl2F2NO-. The second kappa shape index (κ2) is 11.5. The quantitative estimate of drug-likeness (QED) is 0.516.